The Hall–Kier alpha value is -2.17. The summed E-state index contributed by atoms with van der Waals surface area (Å²) < 4.78 is 27.4. The number of halogens is 3. The lowest BCUT2D eigenvalue weighted by Gasteiger charge is -2.47. The van der Waals surface area contributed by atoms with Gasteiger partial charge in [-0.2, -0.15) is 5.26 Å². The number of aromatic nitrogens is 1. The minimum absolute atomic E-state index is 0.0717. The van der Waals surface area contributed by atoms with E-state index in [1.54, 1.807) is 24.3 Å². The number of rotatable bonds is 6. The number of nitrogens with zero attached hydrogens (tertiary/aromatic N) is 2. The molecular formula is C29H29Cl2FN2O3. The summed E-state index contributed by atoms with van der Waals surface area (Å²) >= 11 is 13.0. The van der Waals surface area contributed by atoms with Gasteiger partial charge >= 0.3 is 0 Å². The van der Waals surface area contributed by atoms with Gasteiger partial charge in [0.05, 0.1) is 40.0 Å². The lowest BCUT2D eigenvalue weighted by molar-refractivity contribution is -0.141. The molecule has 3 fully saturated rings. The highest BCUT2D eigenvalue weighted by atomic mass is 35.5. The molecule has 1 aromatic carbocycles. The summed E-state index contributed by atoms with van der Waals surface area (Å²) in [6.07, 6.45) is 7.55. The summed E-state index contributed by atoms with van der Waals surface area (Å²) in [5.41, 5.74) is 1.34. The zero-order valence-corrected chi connectivity index (χ0v) is 22.1. The Morgan fingerprint density at radius 1 is 1.24 bits per heavy atom. The summed E-state index contributed by atoms with van der Waals surface area (Å²) in [6.45, 7) is 2.46. The van der Waals surface area contributed by atoms with Gasteiger partial charge in [-0.3, -0.25) is 0 Å². The van der Waals surface area contributed by atoms with E-state index >= 15 is 4.39 Å². The van der Waals surface area contributed by atoms with Crippen molar-refractivity contribution in [2.75, 3.05) is 0 Å². The number of benzene rings is 1. The molecule has 37 heavy (non-hydrogen) atoms. The van der Waals surface area contributed by atoms with Crippen molar-refractivity contribution in [2.45, 2.75) is 69.7 Å². The van der Waals surface area contributed by atoms with Crippen molar-refractivity contribution in [3.8, 4) is 17.3 Å². The molecule has 1 aromatic heterocycles. The molecular weight excluding hydrogens is 514 g/mol. The first-order valence-corrected chi connectivity index (χ1v) is 13.8. The van der Waals surface area contributed by atoms with E-state index < -0.39 is 11.5 Å². The highest BCUT2D eigenvalue weighted by Gasteiger charge is 2.61. The molecule has 0 spiro atoms. The summed E-state index contributed by atoms with van der Waals surface area (Å²) in [6, 6.07) is 7.38. The number of aliphatic hydroxyl groups is 1. The van der Waals surface area contributed by atoms with Crippen LogP contribution in [0.4, 0.5) is 4.39 Å². The Labute approximate surface area is 225 Å². The third-order valence-corrected chi connectivity index (χ3v) is 9.60. The van der Waals surface area contributed by atoms with E-state index in [0.717, 1.165) is 30.6 Å². The van der Waals surface area contributed by atoms with Crippen LogP contribution in [0.25, 0.3) is 11.3 Å². The molecule has 0 saturated heterocycles. The van der Waals surface area contributed by atoms with E-state index in [0.29, 0.717) is 58.7 Å². The summed E-state index contributed by atoms with van der Waals surface area (Å²) in [4.78, 5) is 0. The van der Waals surface area contributed by atoms with Crippen LogP contribution in [0.15, 0.2) is 46.3 Å². The van der Waals surface area contributed by atoms with Crippen molar-refractivity contribution in [3.05, 3.63) is 63.1 Å². The fourth-order valence-electron chi connectivity index (χ4n) is 7.04. The number of allylic oxidation sites excluding steroid dienone is 3. The lowest BCUT2D eigenvalue weighted by Crippen LogP contribution is -2.53. The molecule has 1 unspecified atom stereocenters. The monoisotopic (exact) mass is 542 g/mol. The van der Waals surface area contributed by atoms with Crippen LogP contribution in [0, 0.1) is 35.0 Å². The molecule has 1 heterocycles. The van der Waals surface area contributed by atoms with Crippen molar-refractivity contribution in [2.24, 2.45) is 23.7 Å². The highest BCUT2D eigenvalue weighted by molar-refractivity contribution is 6.39. The predicted octanol–water partition coefficient (Wildman–Crippen LogP) is 7.53. The number of nitriles is 1. The number of ether oxygens (including phenoxy) is 1. The lowest BCUT2D eigenvalue weighted by atomic mass is 9.64. The topological polar surface area (TPSA) is 79.3 Å². The minimum atomic E-state index is -1.13. The molecule has 4 aliphatic rings. The van der Waals surface area contributed by atoms with Crippen LogP contribution >= 0.6 is 23.2 Å². The average Bonchev–Trinajstić information content (AvgIpc) is 3.62. The van der Waals surface area contributed by atoms with Crippen molar-refractivity contribution in [1.82, 2.24) is 5.16 Å². The molecule has 1 N–H and O–H groups in total. The normalized spacial score (nSPS) is 33.1. The third-order valence-electron chi connectivity index (χ3n) is 8.97. The Bertz CT molecular complexity index is 1310. The fraction of sp³-hybridized carbons (Fsp3) is 0.517. The quantitative estimate of drug-likeness (QED) is 0.408. The van der Waals surface area contributed by atoms with E-state index in [1.165, 1.54) is 6.08 Å². The molecule has 194 valence electrons. The SMILES string of the molecule is C[C@H]1C[C@@H]2C[C@@H](OCc3c(-c4c(Cl)cccc4Cl)noc3C3CC3)C[C@H]1[C@]2(O)C1CC=C(C#N)C=C1F. The molecule has 0 amide bonds. The summed E-state index contributed by atoms with van der Waals surface area (Å²) in [7, 11) is 0. The van der Waals surface area contributed by atoms with Gasteiger partial charge in [0.1, 0.15) is 17.3 Å². The van der Waals surface area contributed by atoms with Crippen LogP contribution in [0.1, 0.15) is 62.7 Å². The van der Waals surface area contributed by atoms with Crippen molar-refractivity contribution in [3.63, 3.8) is 0 Å². The van der Waals surface area contributed by atoms with Crippen LogP contribution in [0.2, 0.25) is 10.0 Å². The average molecular weight is 543 g/mol. The number of hydrogen-bond acceptors (Lipinski definition) is 5. The van der Waals surface area contributed by atoms with Gasteiger partial charge in [0.2, 0.25) is 0 Å². The van der Waals surface area contributed by atoms with Gasteiger partial charge in [-0.05, 0) is 74.5 Å². The van der Waals surface area contributed by atoms with Gasteiger partial charge in [-0.15, -0.1) is 0 Å². The summed E-state index contributed by atoms with van der Waals surface area (Å²) in [5.74, 6) is 0.276. The third kappa shape index (κ3) is 4.25. The van der Waals surface area contributed by atoms with Crippen LogP contribution in [-0.2, 0) is 11.3 Å². The molecule has 2 bridgehead atoms. The Morgan fingerprint density at radius 3 is 2.65 bits per heavy atom. The van der Waals surface area contributed by atoms with Crippen LogP contribution in [-0.4, -0.2) is 22.0 Å². The standard InChI is InChI=1S/C29H29Cl2FN2O3/c1-15-9-18-11-19(12-22(15)29(18,35)21-8-5-16(13-33)10-25(21)32)36-14-20-27(34-37-28(20)17-6-7-17)26-23(30)3-2-4-24(26)31/h2-5,10,15,17-19,21-22,35H,6-9,11-12,14H2,1H3/t15-,18+,19+,21?,22+,29+/m0/s1. The second-order valence-electron chi connectivity index (χ2n) is 11.1. The van der Waals surface area contributed by atoms with E-state index in [-0.39, 0.29) is 29.7 Å². The maximum absolute atomic E-state index is 15.1. The van der Waals surface area contributed by atoms with Gasteiger partial charge < -0.3 is 14.4 Å². The minimum Gasteiger partial charge on any atom is -0.389 e. The van der Waals surface area contributed by atoms with E-state index in [2.05, 4.69) is 12.1 Å². The molecule has 6 atom stereocenters. The first kappa shape index (κ1) is 25.1. The largest absolute Gasteiger partial charge is 0.389 e. The molecule has 6 rings (SSSR count). The highest BCUT2D eigenvalue weighted by Crippen LogP contribution is 2.59. The van der Waals surface area contributed by atoms with Gasteiger partial charge in [0.25, 0.3) is 0 Å². The molecule has 0 aliphatic heterocycles. The van der Waals surface area contributed by atoms with Crippen molar-refractivity contribution >= 4 is 23.2 Å². The number of hydrogen-bond donors (Lipinski definition) is 1. The van der Waals surface area contributed by atoms with Gasteiger partial charge in [0, 0.05) is 23.0 Å². The molecule has 3 saturated carbocycles. The second-order valence-corrected chi connectivity index (χ2v) is 12.0. The van der Waals surface area contributed by atoms with Crippen LogP contribution < -0.4 is 0 Å². The number of fused-ring (bicyclic) bond motifs is 2. The van der Waals surface area contributed by atoms with E-state index in [9.17, 15) is 5.11 Å². The van der Waals surface area contributed by atoms with Gasteiger partial charge in [-0.1, -0.05) is 47.4 Å². The van der Waals surface area contributed by atoms with E-state index in [1.807, 2.05) is 6.07 Å². The van der Waals surface area contributed by atoms with Crippen molar-refractivity contribution < 1.29 is 18.8 Å². The van der Waals surface area contributed by atoms with Crippen LogP contribution in [0.3, 0.4) is 0 Å². The molecule has 0 radical (unpaired) electrons. The Kier molecular flexibility index (Phi) is 6.48. The molecule has 8 heteroatoms. The predicted molar refractivity (Wildman–Crippen MR) is 138 cm³/mol. The Balaban J connectivity index is 1.23. The summed E-state index contributed by atoms with van der Waals surface area (Å²) in [5, 5.41) is 26.5. The van der Waals surface area contributed by atoms with Crippen LogP contribution in [0.5, 0.6) is 0 Å². The maximum Gasteiger partial charge on any atom is 0.145 e. The Morgan fingerprint density at radius 2 is 2.00 bits per heavy atom. The van der Waals surface area contributed by atoms with Gasteiger partial charge in [-0.25, -0.2) is 4.39 Å². The maximum atomic E-state index is 15.1. The van der Waals surface area contributed by atoms with Crippen molar-refractivity contribution in [1.29, 1.82) is 5.26 Å². The first-order chi connectivity index (χ1) is 17.8. The van der Waals surface area contributed by atoms with E-state index in [4.69, 9.17) is 37.7 Å². The zero-order valence-electron chi connectivity index (χ0n) is 20.6. The first-order valence-electron chi connectivity index (χ1n) is 13.0. The van der Waals surface area contributed by atoms with Gasteiger partial charge in [0.15, 0.2) is 0 Å². The molecule has 5 nitrogen and oxygen atoms in total. The molecule has 4 aliphatic carbocycles. The smallest absolute Gasteiger partial charge is 0.145 e. The zero-order chi connectivity index (χ0) is 25.9. The second kappa shape index (κ2) is 9.54. The fourth-order valence-corrected chi connectivity index (χ4v) is 7.62. The molecule has 2 aromatic rings.